The molecule has 6 nitrogen and oxygen atoms in total. The largest absolute Gasteiger partial charge is 0.465 e. The number of hydrogen-bond donors (Lipinski definition) is 1. The van der Waals surface area contributed by atoms with Gasteiger partial charge in [0.2, 0.25) is 0 Å². The molecule has 0 fully saturated rings. The number of anilines is 3. The summed E-state index contributed by atoms with van der Waals surface area (Å²) < 4.78 is 4.79. The number of nitrogens with one attached hydrogen (secondary N) is 1. The Morgan fingerprint density at radius 3 is 2.64 bits per heavy atom. The molecule has 0 spiro atoms. The molecule has 0 unspecified atom stereocenters. The van der Waals surface area contributed by atoms with Gasteiger partial charge >= 0.3 is 5.97 Å². The number of carbonyl (C=O) groups is 1. The van der Waals surface area contributed by atoms with Crippen LogP contribution in [0.2, 0.25) is 0 Å². The smallest absolute Gasteiger partial charge is 0.339 e. The molecule has 0 aliphatic heterocycles. The molecule has 2 rings (SSSR count). The van der Waals surface area contributed by atoms with Crippen LogP contribution in [0.15, 0.2) is 36.7 Å². The van der Waals surface area contributed by atoms with Crippen LogP contribution in [0.25, 0.3) is 0 Å². The molecule has 0 aliphatic carbocycles. The van der Waals surface area contributed by atoms with E-state index in [0.29, 0.717) is 17.1 Å². The third-order valence-corrected chi connectivity index (χ3v) is 3.34. The van der Waals surface area contributed by atoms with Crippen molar-refractivity contribution >= 4 is 23.3 Å². The van der Waals surface area contributed by atoms with Crippen molar-refractivity contribution in [2.75, 3.05) is 30.4 Å². The van der Waals surface area contributed by atoms with Crippen LogP contribution in [0.4, 0.5) is 17.3 Å². The van der Waals surface area contributed by atoms with Crippen molar-refractivity contribution in [2.24, 2.45) is 0 Å². The SMILES string of the molecule is CCN(CC)c1cc(Nc2ccccc2C(=O)OC)ncn1. The van der Waals surface area contributed by atoms with Crippen molar-refractivity contribution in [2.45, 2.75) is 13.8 Å². The highest BCUT2D eigenvalue weighted by atomic mass is 16.5. The molecule has 0 amide bonds. The minimum absolute atomic E-state index is 0.388. The fraction of sp³-hybridized carbons (Fsp3) is 0.312. The van der Waals surface area contributed by atoms with E-state index in [2.05, 4.69) is 34.0 Å². The number of hydrogen-bond acceptors (Lipinski definition) is 6. The van der Waals surface area contributed by atoms with Crippen LogP contribution < -0.4 is 10.2 Å². The van der Waals surface area contributed by atoms with Crippen molar-refractivity contribution in [1.29, 1.82) is 0 Å². The Hall–Kier alpha value is -2.63. The summed E-state index contributed by atoms with van der Waals surface area (Å²) in [6.07, 6.45) is 1.51. The van der Waals surface area contributed by atoms with Gasteiger partial charge in [-0.25, -0.2) is 14.8 Å². The number of carbonyl (C=O) groups excluding carboxylic acids is 1. The molecule has 0 aliphatic rings. The maximum atomic E-state index is 11.8. The third kappa shape index (κ3) is 3.52. The Labute approximate surface area is 130 Å². The number of methoxy groups -OCH3 is 1. The summed E-state index contributed by atoms with van der Waals surface area (Å²) in [4.78, 5) is 22.4. The number of para-hydroxylation sites is 1. The summed E-state index contributed by atoms with van der Waals surface area (Å²) >= 11 is 0. The van der Waals surface area contributed by atoms with Crippen LogP contribution in [0.5, 0.6) is 0 Å². The fourth-order valence-corrected chi connectivity index (χ4v) is 2.15. The highest BCUT2D eigenvalue weighted by Gasteiger charge is 2.12. The molecule has 1 aromatic carbocycles. The van der Waals surface area contributed by atoms with Gasteiger partial charge in [-0.3, -0.25) is 0 Å². The summed E-state index contributed by atoms with van der Waals surface area (Å²) in [5.41, 5.74) is 1.12. The van der Waals surface area contributed by atoms with E-state index in [9.17, 15) is 4.79 Å². The molecular weight excluding hydrogens is 280 g/mol. The van der Waals surface area contributed by atoms with E-state index in [1.54, 1.807) is 12.1 Å². The fourth-order valence-electron chi connectivity index (χ4n) is 2.15. The maximum absolute atomic E-state index is 11.8. The second-order valence-electron chi connectivity index (χ2n) is 4.60. The van der Waals surface area contributed by atoms with Crippen molar-refractivity contribution in [3.63, 3.8) is 0 Å². The zero-order valence-corrected chi connectivity index (χ0v) is 13.0. The molecule has 0 atom stereocenters. The molecule has 1 aromatic heterocycles. The first-order chi connectivity index (χ1) is 10.7. The Kier molecular flexibility index (Phi) is 5.30. The van der Waals surface area contributed by atoms with Gasteiger partial charge in [-0.2, -0.15) is 0 Å². The van der Waals surface area contributed by atoms with Gasteiger partial charge in [-0.15, -0.1) is 0 Å². The molecule has 0 saturated carbocycles. The predicted octanol–water partition coefficient (Wildman–Crippen LogP) is 2.85. The Morgan fingerprint density at radius 2 is 1.95 bits per heavy atom. The number of nitrogens with zero attached hydrogens (tertiary/aromatic N) is 3. The normalized spacial score (nSPS) is 10.1. The number of aromatic nitrogens is 2. The lowest BCUT2D eigenvalue weighted by Crippen LogP contribution is -2.23. The second kappa shape index (κ2) is 7.40. The molecule has 6 heteroatoms. The van der Waals surface area contributed by atoms with Crippen molar-refractivity contribution in [3.05, 3.63) is 42.2 Å². The molecule has 0 radical (unpaired) electrons. The highest BCUT2D eigenvalue weighted by molar-refractivity contribution is 5.96. The molecule has 116 valence electrons. The van der Waals surface area contributed by atoms with Crippen LogP contribution in [0, 0.1) is 0 Å². The number of esters is 1. The average molecular weight is 300 g/mol. The summed E-state index contributed by atoms with van der Waals surface area (Å²) in [5, 5.41) is 3.15. The van der Waals surface area contributed by atoms with Gasteiger partial charge in [-0.1, -0.05) is 12.1 Å². The first kappa shape index (κ1) is 15.8. The van der Waals surface area contributed by atoms with Gasteiger partial charge in [0.15, 0.2) is 0 Å². The Morgan fingerprint density at radius 1 is 1.23 bits per heavy atom. The van der Waals surface area contributed by atoms with Gasteiger partial charge in [0, 0.05) is 19.2 Å². The third-order valence-electron chi connectivity index (χ3n) is 3.34. The van der Waals surface area contributed by atoms with E-state index < -0.39 is 0 Å². The zero-order valence-electron chi connectivity index (χ0n) is 13.0. The van der Waals surface area contributed by atoms with E-state index >= 15 is 0 Å². The average Bonchev–Trinajstić information content (AvgIpc) is 2.56. The van der Waals surface area contributed by atoms with Crippen molar-refractivity contribution < 1.29 is 9.53 Å². The van der Waals surface area contributed by atoms with Crippen molar-refractivity contribution in [3.8, 4) is 0 Å². The van der Waals surface area contributed by atoms with Crippen LogP contribution in [0.1, 0.15) is 24.2 Å². The van der Waals surface area contributed by atoms with E-state index in [0.717, 1.165) is 18.9 Å². The van der Waals surface area contributed by atoms with E-state index in [1.807, 2.05) is 18.2 Å². The summed E-state index contributed by atoms with van der Waals surface area (Å²) in [7, 11) is 1.36. The van der Waals surface area contributed by atoms with Crippen LogP contribution >= 0.6 is 0 Å². The van der Waals surface area contributed by atoms with Crippen LogP contribution in [-0.4, -0.2) is 36.1 Å². The molecule has 1 N–H and O–H groups in total. The van der Waals surface area contributed by atoms with E-state index in [4.69, 9.17) is 4.74 Å². The zero-order chi connectivity index (χ0) is 15.9. The highest BCUT2D eigenvalue weighted by Crippen LogP contribution is 2.22. The lowest BCUT2D eigenvalue weighted by molar-refractivity contribution is 0.0602. The number of ether oxygens (including phenoxy) is 1. The summed E-state index contributed by atoms with van der Waals surface area (Å²) in [6, 6.07) is 9.02. The summed E-state index contributed by atoms with van der Waals surface area (Å²) in [6.45, 7) is 5.88. The van der Waals surface area contributed by atoms with Crippen LogP contribution in [0.3, 0.4) is 0 Å². The topological polar surface area (TPSA) is 67.4 Å². The second-order valence-corrected chi connectivity index (χ2v) is 4.60. The van der Waals surface area contributed by atoms with E-state index in [1.165, 1.54) is 13.4 Å². The Bertz CT molecular complexity index is 642. The molecule has 1 heterocycles. The first-order valence-electron chi connectivity index (χ1n) is 7.21. The van der Waals surface area contributed by atoms with Gasteiger partial charge in [0.1, 0.15) is 18.0 Å². The molecule has 2 aromatic rings. The Balaban J connectivity index is 2.28. The first-order valence-corrected chi connectivity index (χ1v) is 7.21. The minimum atomic E-state index is -0.388. The molecular formula is C16H20N4O2. The lowest BCUT2D eigenvalue weighted by atomic mass is 10.2. The molecule has 0 bridgehead atoms. The number of rotatable bonds is 6. The molecule has 22 heavy (non-hydrogen) atoms. The van der Waals surface area contributed by atoms with Crippen LogP contribution in [-0.2, 0) is 4.74 Å². The monoisotopic (exact) mass is 300 g/mol. The van der Waals surface area contributed by atoms with Gasteiger partial charge in [0.05, 0.1) is 18.4 Å². The number of benzene rings is 1. The van der Waals surface area contributed by atoms with Gasteiger partial charge in [-0.05, 0) is 26.0 Å². The summed E-state index contributed by atoms with van der Waals surface area (Å²) in [5.74, 6) is 1.09. The van der Waals surface area contributed by atoms with E-state index in [-0.39, 0.29) is 5.97 Å². The van der Waals surface area contributed by atoms with Gasteiger partial charge < -0.3 is 15.0 Å². The molecule has 0 saturated heterocycles. The predicted molar refractivity (Wildman–Crippen MR) is 86.7 cm³/mol. The van der Waals surface area contributed by atoms with Crippen molar-refractivity contribution in [1.82, 2.24) is 9.97 Å². The quantitative estimate of drug-likeness (QED) is 0.827. The standard InChI is InChI=1S/C16H20N4O2/c1-4-20(5-2)15-10-14(17-11-18-15)19-13-9-7-6-8-12(13)16(21)22-3/h6-11H,4-5H2,1-3H3,(H,17,18,19). The van der Waals surface area contributed by atoms with Gasteiger partial charge in [0.25, 0.3) is 0 Å². The lowest BCUT2D eigenvalue weighted by Gasteiger charge is -2.20. The minimum Gasteiger partial charge on any atom is -0.465 e. The maximum Gasteiger partial charge on any atom is 0.339 e.